The number of anilines is 1. The van der Waals surface area contributed by atoms with Gasteiger partial charge in [0.25, 0.3) is 5.91 Å². The number of carbonyl (C=O) groups is 1. The van der Waals surface area contributed by atoms with E-state index in [0.29, 0.717) is 46.4 Å². The summed E-state index contributed by atoms with van der Waals surface area (Å²) in [6, 6.07) is 9.24. The van der Waals surface area contributed by atoms with E-state index >= 15 is 0 Å². The predicted octanol–water partition coefficient (Wildman–Crippen LogP) is 2.35. The Kier molecular flexibility index (Phi) is 9.40. The Balaban J connectivity index is 1.56. The monoisotopic (exact) mass is 659 g/mol. The Morgan fingerprint density at radius 3 is 2.65 bits per heavy atom. The summed E-state index contributed by atoms with van der Waals surface area (Å²) < 4.78 is 33.0. The van der Waals surface area contributed by atoms with E-state index in [1.54, 1.807) is 12.1 Å². The lowest BCUT2D eigenvalue weighted by Gasteiger charge is -2.45. The van der Waals surface area contributed by atoms with E-state index < -0.39 is 60.9 Å². The summed E-state index contributed by atoms with van der Waals surface area (Å²) in [6.45, 7) is -0.625. The molecule has 2 fully saturated rings. The third-order valence-electron chi connectivity index (χ3n) is 7.90. The van der Waals surface area contributed by atoms with Crippen molar-refractivity contribution in [2.24, 2.45) is 0 Å². The molecule has 43 heavy (non-hydrogen) atoms. The molecule has 0 spiro atoms. The number of aliphatic hydroxyl groups is 3. The minimum Gasteiger partial charge on any atom is -0.497 e. The first-order valence-electron chi connectivity index (χ1n) is 13.6. The highest BCUT2D eigenvalue weighted by atomic mass is 79.9. The highest BCUT2D eigenvalue weighted by Gasteiger charge is 2.52. The molecule has 7 atom stereocenters. The van der Waals surface area contributed by atoms with Crippen molar-refractivity contribution in [3.05, 3.63) is 58.4 Å². The summed E-state index contributed by atoms with van der Waals surface area (Å²) in [5.74, 6) is -0.760. The molecule has 2 heterocycles. The van der Waals surface area contributed by atoms with E-state index in [-0.39, 0.29) is 5.56 Å². The summed E-state index contributed by atoms with van der Waals surface area (Å²) in [5.41, 5.74) is 1.28. The van der Waals surface area contributed by atoms with E-state index in [4.69, 9.17) is 14.2 Å². The fourth-order valence-electron chi connectivity index (χ4n) is 5.86. The highest BCUT2D eigenvalue weighted by Crippen LogP contribution is 2.38. The maximum Gasteiger partial charge on any atom is 0.259 e. The number of ether oxygens (including phenoxy) is 3. The van der Waals surface area contributed by atoms with Gasteiger partial charge in [-0.05, 0) is 49.6 Å². The number of aliphatic hydroxyl groups excluding tert-OH is 3. The Labute approximate surface area is 255 Å². The van der Waals surface area contributed by atoms with Gasteiger partial charge in [0.1, 0.15) is 41.6 Å². The average Bonchev–Trinajstić information content (AvgIpc) is 3.65. The smallest absolute Gasteiger partial charge is 0.259 e. The summed E-state index contributed by atoms with van der Waals surface area (Å²) in [5, 5.41) is 50.2. The number of methoxy groups -OCH3 is 2. The van der Waals surface area contributed by atoms with Gasteiger partial charge in [-0.15, -0.1) is 5.10 Å². The van der Waals surface area contributed by atoms with Gasteiger partial charge in [0.2, 0.25) is 0 Å². The summed E-state index contributed by atoms with van der Waals surface area (Å²) >= 11 is 3.26. The van der Waals surface area contributed by atoms with Crippen LogP contribution in [0.1, 0.15) is 30.9 Å². The molecular formula is C29H31BrFN5O7. The van der Waals surface area contributed by atoms with Gasteiger partial charge in [-0.1, -0.05) is 21.1 Å². The molecule has 1 amide bonds. The molecule has 0 unspecified atom stereocenters. The Hall–Kier alpha value is -3.45. The standard InChI is InChI=1S/C29H31BrFN5O7/c1-41-20-7-15(12-32)6-19(11-20)36(22-4-3-5-23(22)38)29(40)28-27(42-2)25(26(39)24(14-37)43-28)35-13-21(33-34-35)16-8-17(30)10-18(31)9-16/h6-11,13,22-28,37-39H,3-5,14H2,1-2H3/t22-,23-,24-,25+,26+,27-,28-/m1/s1. The normalized spacial score (nSPS) is 27.1. The Morgan fingerprint density at radius 2 is 2.02 bits per heavy atom. The number of aromatic nitrogens is 3. The van der Waals surface area contributed by atoms with Crippen molar-refractivity contribution < 1.29 is 38.7 Å². The van der Waals surface area contributed by atoms with Crippen LogP contribution in [0.4, 0.5) is 10.1 Å². The number of hydrogen-bond donors (Lipinski definition) is 3. The van der Waals surface area contributed by atoms with Crippen LogP contribution in [0, 0.1) is 17.1 Å². The minimum atomic E-state index is -1.38. The first-order valence-corrected chi connectivity index (χ1v) is 14.4. The summed E-state index contributed by atoms with van der Waals surface area (Å²) in [4.78, 5) is 15.9. The second-order valence-corrected chi connectivity index (χ2v) is 11.4. The zero-order valence-corrected chi connectivity index (χ0v) is 25.0. The third-order valence-corrected chi connectivity index (χ3v) is 8.36. The van der Waals surface area contributed by atoms with Crippen LogP contribution in [0.15, 0.2) is 47.1 Å². The van der Waals surface area contributed by atoms with Gasteiger partial charge in [-0.25, -0.2) is 9.07 Å². The molecule has 12 nitrogen and oxygen atoms in total. The van der Waals surface area contributed by atoms with E-state index in [1.165, 1.54) is 54.3 Å². The van der Waals surface area contributed by atoms with Crippen LogP contribution in [0.5, 0.6) is 5.75 Å². The Morgan fingerprint density at radius 1 is 1.23 bits per heavy atom. The number of halogens is 2. The Bertz CT molecular complexity index is 1500. The van der Waals surface area contributed by atoms with Crippen LogP contribution in [0.25, 0.3) is 11.3 Å². The molecule has 1 aliphatic carbocycles. The average molecular weight is 660 g/mol. The van der Waals surface area contributed by atoms with Gasteiger partial charge in [-0.3, -0.25) is 4.79 Å². The van der Waals surface area contributed by atoms with Crippen molar-refractivity contribution in [1.29, 1.82) is 5.26 Å². The van der Waals surface area contributed by atoms with Crippen LogP contribution >= 0.6 is 15.9 Å². The lowest BCUT2D eigenvalue weighted by atomic mass is 9.91. The van der Waals surface area contributed by atoms with Gasteiger partial charge in [0, 0.05) is 28.9 Å². The number of carbonyl (C=O) groups excluding carboxylic acids is 1. The lowest BCUT2D eigenvalue weighted by molar-refractivity contribution is -0.211. The second-order valence-electron chi connectivity index (χ2n) is 10.5. The third kappa shape index (κ3) is 6.14. The maximum atomic E-state index is 14.5. The molecule has 0 radical (unpaired) electrons. The first kappa shape index (κ1) is 31.0. The first-order chi connectivity index (χ1) is 20.7. The van der Waals surface area contributed by atoms with Crippen LogP contribution in [-0.4, -0.2) is 93.6 Å². The quantitative estimate of drug-likeness (QED) is 0.327. The molecule has 0 bridgehead atoms. The lowest BCUT2D eigenvalue weighted by Crippen LogP contribution is -2.62. The van der Waals surface area contributed by atoms with Gasteiger partial charge in [0.05, 0.1) is 43.7 Å². The topological polar surface area (TPSA) is 163 Å². The zero-order chi connectivity index (χ0) is 30.8. The van der Waals surface area contributed by atoms with Gasteiger partial charge in [0.15, 0.2) is 6.10 Å². The van der Waals surface area contributed by atoms with Crippen LogP contribution < -0.4 is 9.64 Å². The van der Waals surface area contributed by atoms with E-state index in [0.717, 1.165) is 0 Å². The second kappa shape index (κ2) is 13.0. The predicted molar refractivity (Wildman–Crippen MR) is 154 cm³/mol. The molecule has 3 aromatic rings. The van der Waals surface area contributed by atoms with Crippen molar-refractivity contribution >= 4 is 27.5 Å². The van der Waals surface area contributed by atoms with Gasteiger partial charge < -0.3 is 34.4 Å². The fourth-order valence-corrected chi connectivity index (χ4v) is 6.33. The van der Waals surface area contributed by atoms with Crippen molar-refractivity contribution in [2.75, 3.05) is 25.7 Å². The minimum absolute atomic E-state index is 0.244. The molecule has 1 aliphatic heterocycles. The molecule has 1 aromatic heterocycles. The van der Waals surface area contributed by atoms with Crippen molar-refractivity contribution in [3.63, 3.8) is 0 Å². The number of nitriles is 1. The van der Waals surface area contributed by atoms with E-state index in [1.807, 2.05) is 0 Å². The number of hydrogen-bond acceptors (Lipinski definition) is 10. The molecule has 2 aliphatic rings. The van der Waals surface area contributed by atoms with E-state index in [9.17, 15) is 29.8 Å². The number of nitrogens with zero attached hydrogens (tertiary/aromatic N) is 5. The van der Waals surface area contributed by atoms with Crippen molar-refractivity contribution in [3.8, 4) is 23.1 Å². The maximum absolute atomic E-state index is 14.5. The SMILES string of the molecule is COc1cc(C#N)cc(N(C(=O)[C@@H]2O[C@H](CO)[C@H](O)[C@H](n3cc(-c4cc(F)cc(Br)c4)nn3)[C@H]2OC)[C@@H]2CCC[C@H]2O)c1. The molecule has 228 valence electrons. The molecular weight excluding hydrogens is 629 g/mol. The molecule has 1 saturated carbocycles. The molecule has 1 saturated heterocycles. The number of amides is 1. The van der Waals surface area contributed by atoms with Crippen LogP contribution in [0.3, 0.4) is 0 Å². The van der Waals surface area contributed by atoms with Crippen molar-refractivity contribution in [1.82, 2.24) is 15.0 Å². The van der Waals surface area contributed by atoms with Crippen LogP contribution in [-0.2, 0) is 14.3 Å². The van der Waals surface area contributed by atoms with Crippen LogP contribution in [0.2, 0.25) is 0 Å². The molecule has 14 heteroatoms. The highest BCUT2D eigenvalue weighted by molar-refractivity contribution is 9.10. The summed E-state index contributed by atoms with van der Waals surface area (Å²) in [7, 11) is 2.79. The summed E-state index contributed by atoms with van der Waals surface area (Å²) in [6.07, 6.45) is -2.83. The molecule has 2 aromatic carbocycles. The van der Waals surface area contributed by atoms with Gasteiger partial charge in [-0.2, -0.15) is 5.26 Å². The fraction of sp³-hybridized carbons (Fsp3) is 0.448. The largest absolute Gasteiger partial charge is 0.497 e. The molecule has 3 N–H and O–H groups in total. The number of benzene rings is 2. The van der Waals surface area contributed by atoms with E-state index in [2.05, 4.69) is 32.3 Å². The zero-order valence-electron chi connectivity index (χ0n) is 23.4. The van der Waals surface area contributed by atoms with Crippen molar-refractivity contribution in [2.45, 2.75) is 61.9 Å². The molecule has 5 rings (SSSR count). The van der Waals surface area contributed by atoms with Gasteiger partial charge >= 0.3 is 0 Å². The number of rotatable bonds is 8.